The summed E-state index contributed by atoms with van der Waals surface area (Å²) in [5, 5.41) is 0. The van der Waals surface area contributed by atoms with Gasteiger partial charge in [0.25, 0.3) is 0 Å². The maximum Gasteiger partial charge on any atom is 0.126 e. The quantitative estimate of drug-likeness (QED) is 0.622. The van der Waals surface area contributed by atoms with Crippen molar-refractivity contribution in [2.75, 3.05) is 6.61 Å². The molecule has 0 aliphatic carbocycles. The Morgan fingerprint density at radius 2 is 1.92 bits per heavy atom. The van der Waals surface area contributed by atoms with Crippen LogP contribution in [0.4, 0.5) is 0 Å². The van der Waals surface area contributed by atoms with Crippen LogP contribution in [0.15, 0.2) is 30.3 Å². The minimum absolute atomic E-state index is 0. The first kappa shape index (κ1) is 11.7. The van der Waals surface area contributed by atoms with Gasteiger partial charge in [-0.25, -0.2) is 0 Å². The molecule has 0 saturated carbocycles. The maximum absolute atomic E-state index is 5.34. The van der Waals surface area contributed by atoms with E-state index in [1.54, 1.807) is 0 Å². The predicted octanol–water partition coefficient (Wildman–Crippen LogP) is 2.20. The van der Waals surface area contributed by atoms with Gasteiger partial charge in [0, 0.05) is 25.0 Å². The van der Waals surface area contributed by atoms with Gasteiger partial charge < -0.3 is 4.74 Å². The van der Waals surface area contributed by atoms with Crippen LogP contribution in [0.2, 0.25) is 0 Å². The van der Waals surface area contributed by atoms with E-state index in [-0.39, 0.29) is 33.0 Å². The van der Waals surface area contributed by atoms with E-state index in [1.807, 2.05) is 30.3 Å². The molecule has 1 aliphatic heterocycles. The number of benzene rings is 1. The molecular weight excluding hydrogens is 222 g/mol. The standard InChI is InChI=1S/C9H8O.H2S.Zn/c1-2-6-9-8(4-1)5-3-7-10-9;;/h1-6H,7H2;1H2;. The van der Waals surface area contributed by atoms with Gasteiger partial charge in [0.1, 0.15) is 12.4 Å². The summed E-state index contributed by atoms with van der Waals surface area (Å²) in [6, 6.07) is 8.03. The van der Waals surface area contributed by atoms with Crippen molar-refractivity contribution in [3.8, 4) is 5.75 Å². The SMILES string of the molecule is C1=Cc2ccccc2OC1.S.[Zn]. The molecule has 0 saturated heterocycles. The maximum atomic E-state index is 5.34. The molecular formula is C9H10OSZn. The zero-order chi connectivity index (χ0) is 6.81. The summed E-state index contributed by atoms with van der Waals surface area (Å²) in [5.74, 6) is 0.991. The first-order valence-corrected chi connectivity index (χ1v) is 3.35. The van der Waals surface area contributed by atoms with Gasteiger partial charge in [0.15, 0.2) is 0 Å². The molecule has 1 heterocycles. The summed E-state index contributed by atoms with van der Waals surface area (Å²) in [7, 11) is 0. The Morgan fingerprint density at radius 1 is 1.17 bits per heavy atom. The Morgan fingerprint density at radius 3 is 2.67 bits per heavy atom. The zero-order valence-electron chi connectivity index (χ0n) is 6.79. The Balaban J connectivity index is 0.000000605. The molecule has 1 nitrogen and oxygen atoms in total. The molecule has 0 atom stereocenters. The summed E-state index contributed by atoms with van der Waals surface area (Å²) in [5.41, 5.74) is 1.17. The van der Waals surface area contributed by atoms with Crippen LogP contribution in [0, 0.1) is 0 Å². The van der Waals surface area contributed by atoms with Crippen molar-refractivity contribution in [3.63, 3.8) is 0 Å². The van der Waals surface area contributed by atoms with Crippen molar-refractivity contribution in [1.82, 2.24) is 0 Å². The van der Waals surface area contributed by atoms with Crippen LogP contribution in [0.25, 0.3) is 6.08 Å². The van der Waals surface area contributed by atoms with Crippen molar-refractivity contribution in [2.24, 2.45) is 0 Å². The minimum atomic E-state index is 0. The molecule has 0 fully saturated rings. The number of ether oxygens (including phenoxy) is 1. The normalized spacial score (nSPS) is 11.7. The number of hydrogen-bond acceptors (Lipinski definition) is 1. The molecule has 0 aromatic heterocycles. The average molecular weight is 232 g/mol. The monoisotopic (exact) mass is 230 g/mol. The van der Waals surface area contributed by atoms with E-state index in [9.17, 15) is 0 Å². The van der Waals surface area contributed by atoms with E-state index < -0.39 is 0 Å². The predicted molar refractivity (Wildman–Crippen MR) is 51.4 cm³/mol. The number of rotatable bonds is 0. The van der Waals surface area contributed by atoms with Crippen LogP contribution < -0.4 is 4.74 Å². The molecule has 1 aromatic rings. The van der Waals surface area contributed by atoms with Crippen molar-refractivity contribution in [3.05, 3.63) is 35.9 Å². The summed E-state index contributed by atoms with van der Waals surface area (Å²) in [6.45, 7) is 0.705. The van der Waals surface area contributed by atoms with Crippen LogP contribution >= 0.6 is 13.5 Å². The first-order valence-electron chi connectivity index (χ1n) is 3.35. The number of hydrogen-bond donors (Lipinski definition) is 0. The summed E-state index contributed by atoms with van der Waals surface area (Å²) < 4.78 is 5.34. The molecule has 1 aromatic carbocycles. The van der Waals surface area contributed by atoms with E-state index in [0.717, 1.165) is 5.75 Å². The van der Waals surface area contributed by atoms with E-state index in [2.05, 4.69) is 6.08 Å². The average Bonchev–Trinajstić information content (AvgIpc) is 2.05. The fourth-order valence-corrected chi connectivity index (χ4v) is 1.06. The molecule has 0 N–H and O–H groups in total. The second-order valence-electron chi connectivity index (χ2n) is 2.25. The Hall–Kier alpha value is -0.267. The summed E-state index contributed by atoms with van der Waals surface area (Å²) in [6.07, 6.45) is 4.10. The molecule has 12 heavy (non-hydrogen) atoms. The molecule has 60 valence electrons. The van der Waals surface area contributed by atoms with Gasteiger partial charge in [-0.1, -0.05) is 24.3 Å². The molecule has 0 unspecified atom stereocenters. The largest absolute Gasteiger partial charge is 0.489 e. The van der Waals surface area contributed by atoms with Gasteiger partial charge in [0.2, 0.25) is 0 Å². The number of para-hydroxylation sites is 1. The Labute approximate surface area is 92.0 Å². The summed E-state index contributed by atoms with van der Waals surface area (Å²) >= 11 is 0. The van der Waals surface area contributed by atoms with Crippen molar-refractivity contribution in [2.45, 2.75) is 0 Å². The second-order valence-corrected chi connectivity index (χ2v) is 2.25. The Kier molecular flexibility index (Phi) is 5.27. The zero-order valence-corrected chi connectivity index (χ0v) is 10.8. The van der Waals surface area contributed by atoms with Crippen LogP contribution in [0.3, 0.4) is 0 Å². The van der Waals surface area contributed by atoms with Gasteiger partial charge in [-0.15, -0.1) is 0 Å². The third kappa shape index (κ3) is 2.36. The van der Waals surface area contributed by atoms with Gasteiger partial charge in [0.05, 0.1) is 0 Å². The summed E-state index contributed by atoms with van der Waals surface area (Å²) in [4.78, 5) is 0. The van der Waals surface area contributed by atoms with Crippen LogP contribution in [0.5, 0.6) is 5.75 Å². The molecule has 0 amide bonds. The third-order valence-electron chi connectivity index (χ3n) is 1.55. The minimum Gasteiger partial charge on any atom is -0.489 e. The molecule has 0 bridgehead atoms. The molecule has 0 spiro atoms. The molecule has 3 heteroatoms. The molecule has 0 radical (unpaired) electrons. The number of fused-ring (bicyclic) bond motifs is 1. The van der Waals surface area contributed by atoms with Crippen LogP contribution in [0.1, 0.15) is 5.56 Å². The van der Waals surface area contributed by atoms with E-state index >= 15 is 0 Å². The fourth-order valence-electron chi connectivity index (χ4n) is 1.06. The molecule has 1 aliphatic rings. The van der Waals surface area contributed by atoms with Crippen molar-refractivity contribution in [1.29, 1.82) is 0 Å². The topological polar surface area (TPSA) is 9.23 Å². The van der Waals surface area contributed by atoms with Gasteiger partial charge in [-0.05, 0) is 12.1 Å². The van der Waals surface area contributed by atoms with Crippen LogP contribution in [-0.4, -0.2) is 6.61 Å². The Bertz CT molecular complexity index is 273. The van der Waals surface area contributed by atoms with E-state index in [1.165, 1.54) is 5.56 Å². The van der Waals surface area contributed by atoms with Gasteiger partial charge in [-0.3, -0.25) is 0 Å². The van der Waals surface area contributed by atoms with Crippen molar-refractivity contribution < 1.29 is 24.2 Å². The van der Waals surface area contributed by atoms with Crippen molar-refractivity contribution >= 4 is 19.6 Å². The van der Waals surface area contributed by atoms with E-state index in [0.29, 0.717) is 6.61 Å². The molecule has 2 rings (SSSR count). The van der Waals surface area contributed by atoms with Gasteiger partial charge in [-0.2, -0.15) is 13.5 Å². The van der Waals surface area contributed by atoms with E-state index in [4.69, 9.17) is 4.74 Å². The van der Waals surface area contributed by atoms with Crippen LogP contribution in [-0.2, 0) is 19.5 Å². The third-order valence-corrected chi connectivity index (χ3v) is 1.55. The second kappa shape index (κ2) is 5.39. The smallest absolute Gasteiger partial charge is 0.126 e. The van der Waals surface area contributed by atoms with Gasteiger partial charge >= 0.3 is 0 Å². The first-order chi connectivity index (χ1) is 4.97. The fraction of sp³-hybridized carbons (Fsp3) is 0.111.